The normalized spacial score (nSPS) is 14.6. The second kappa shape index (κ2) is 9.82. The molecule has 4 rings (SSSR count). The average molecular weight is 484 g/mol. The Balaban J connectivity index is 1.60. The Morgan fingerprint density at radius 3 is 2.68 bits per heavy atom. The largest absolute Gasteiger partial charge is 0.481 e. The first-order valence-corrected chi connectivity index (χ1v) is 12.3. The molecule has 0 aliphatic heterocycles. The predicted molar refractivity (Wildman–Crippen MR) is 131 cm³/mol. The molecule has 0 radical (unpaired) electrons. The van der Waals surface area contributed by atoms with Crippen molar-refractivity contribution in [3.8, 4) is 17.0 Å². The van der Waals surface area contributed by atoms with Crippen molar-refractivity contribution in [3.63, 3.8) is 0 Å². The number of hydrogen-bond donors (Lipinski definition) is 2. The van der Waals surface area contributed by atoms with Crippen LogP contribution >= 0.6 is 0 Å². The summed E-state index contributed by atoms with van der Waals surface area (Å²) in [7, 11) is -2.94. The summed E-state index contributed by atoms with van der Waals surface area (Å²) < 4.78 is 54.7. The van der Waals surface area contributed by atoms with Gasteiger partial charge in [0.2, 0.25) is 5.88 Å². The van der Waals surface area contributed by atoms with Crippen LogP contribution in [0.15, 0.2) is 59.6 Å². The van der Waals surface area contributed by atoms with Gasteiger partial charge in [-0.15, -0.1) is 0 Å². The lowest BCUT2D eigenvalue weighted by Crippen LogP contribution is -2.34. The van der Waals surface area contributed by atoms with Crippen LogP contribution in [0.3, 0.4) is 0 Å². The first kappa shape index (κ1) is 20.0. The number of aromatic nitrogens is 1. The van der Waals surface area contributed by atoms with Crippen LogP contribution in [0, 0.1) is 0 Å². The zero-order valence-electron chi connectivity index (χ0n) is 22.0. The maximum atomic E-state index is 12.9. The standard InChI is InChI=1S/C25H28N4O4S/c1-29(2)16-17-7-10-20(11-8-17)34(31,32)28-25(30)27-24-21-6-4-5-18(21)9-12-22(24)19-13-14-26-23(15-19)33-3/h7-15H,4-6,16H2,1-3H3,(H2,27,28,30)/i3D3. The molecule has 0 saturated heterocycles. The van der Waals surface area contributed by atoms with Crippen LogP contribution in [0.4, 0.5) is 10.5 Å². The van der Waals surface area contributed by atoms with E-state index in [0.29, 0.717) is 29.8 Å². The Kier molecular flexibility index (Phi) is 5.77. The lowest BCUT2D eigenvalue weighted by Gasteiger charge is -2.17. The molecule has 1 aromatic heterocycles. The number of pyridine rings is 1. The summed E-state index contributed by atoms with van der Waals surface area (Å²) in [6.45, 7) is 0.657. The van der Waals surface area contributed by atoms with Crippen molar-refractivity contribution in [2.45, 2.75) is 30.7 Å². The van der Waals surface area contributed by atoms with Gasteiger partial charge in [0.25, 0.3) is 10.0 Å². The molecule has 178 valence electrons. The number of nitrogens with one attached hydrogen (secondary N) is 2. The van der Waals surface area contributed by atoms with E-state index in [1.165, 1.54) is 24.4 Å². The van der Waals surface area contributed by atoms with Gasteiger partial charge in [-0.2, -0.15) is 0 Å². The van der Waals surface area contributed by atoms with Crippen molar-refractivity contribution in [2.24, 2.45) is 0 Å². The second-order valence-corrected chi connectivity index (χ2v) is 10.1. The number of nitrogens with zero attached hydrogens (tertiary/aromatic N) is 2. The molecule has 9 heteroatoms. The Morgan fingerprint density at radius 1 is 1.15 bits per heavy atom. The third-order valence-corrected chi connectivity index (χ3v) is 6.98. The summed E-state index contributed by atoms with van der Waals surface area (Å²) in [6, 6.07) is 12.3. The number of fused-ring (bicyclic) bond motifs is 1. The maximum Gasteiger partial charge on any atom is 0.333 e. The van der Waals surface area contributed by atoms with E-state index in [4.69, 9.17) is 8.85 Å². The van der Waals surface area contributed by atoms with E-state index in [9.17, 15) is 13.2 Å². The molecule has 34 heavy (non-hydrogen) atoms. The van der Waals surface area contributed by atoms with Crippen molar-refractivity contribution in [1.82, 2.24) is 14.6 Å². The SMILES string of the molecule is [2H]C([2H])([2H])Oc1cc(-c2ccc3c(c2NC(=O)NS(=O)(=O)c2ccc(CN(C)C)cc2)CCC3)ccn1. The second-order valence-electron chi connectivity index (χ2n) is 8.41. The molecule has 0 spiro atoms. The molecule has 3 aromatic rings. The number of benzene rings is 2. The van der Waals surface area contributed by atoms with Crippen molar-refractivity contribution in [1.29, 1.82) is 0 Å². The number of sulfonamides is 1. The third kappa shape index (κ3) is 5.21. The molecule has 0 saturated carbocycles. The van der Waals surface area contributed by atoms with Crippen LogP contribution in [0.2, 0.25) is 0 Å². The molecule has 8 nitrogen and oxygen atoms in total. The minimum absolute atomic E-state index is 0.0238. The van der Waals surface area contributed by atoms with Crippen molar-refractivity contribution in [2.75, 3.05) is 26.5 Å². The van der Waals surface area contributed by atoms with E-state index in [1.54, 1.807) is 18.2 Å². The van der Waals surface area contributed by atoms with Crippen LogP contribution in [0.5, 0.6) is 5.88 Å². The van der Waals surface area contributed by atoms with E-state index in [2.05, 4.69) is 15.0 Å². The topological polar surface area (TPSA) is 101 Å². The summed E-state index contributed by atoms with van der Waals surface area (Å²) in [6.07, 6.45) is 3.87. The summed E-state index contributed by atoms with van der Waals surface area (Å²) in [4.78, 5) is 18.8. The number of hydrogen-bond acceptors (Lipinski definition) is 6. The van der Waals surface area contributed by atoms with Gasteiger partial charge in [0.15, 0.2) is 0 Å². The first-order valence-electron chi connectivity index (χ1n) is 12.3. The summed E-state index contributed by atoms with van der Waals surface area (Å²) in [5.41, 5.74) is 4.55. The van der Waals surface area contributed by atoms with Gasteiger partial charge in [-0.3, -0.25) is 0 Å². The van der Waals surface area contributed by atoms with Crippen LogP contribution in [-0.4, -0.2) is 45.5 Å². The zero-order valence-corrected chi connectivity index (χ0v) is 19.8. The smallest absolute Gasteiger partial charge is 0.333 e. The highest BCUT2D eigenvalue weighted by atomic mass is 32.2. The monoisotopic (exact) mass is 483 g/mol. The molecule has 2 aromatic carbocycles. The molecule has 0 fully saturated rings. The predicted octanol–water partition coefficient (Wildman–Crippen LogP) is 3.82. The lowest BCUT2D eigenvalue weighted by molar-refractivity contribution is 0.256. The van der Waals surface area contributed by atoms with E-state index < -0.39 is 23.1 Å². The summed E-state index contributed by atoms with van der Waals surface area (Å²) in [5, 5.41) is 2.73. The quantitative estimate of drug-likeness (QED) is 0.530. The minimum atomic E-state index is -4.11. The fourth-order valence-electron chi connectivity index (χ4n) is 4.14. The average Bonchev–Trinajstić information content (AvgIpc) is 3.27. The molecular weight excluding hydrogens is 452 g/mol. The van der Waals surface area contributed by atoms with E-state index in [-0.39, 0.29) is 10.8 Å². The summed E-state index contributed by atoms with van der Waals surface area (Å²) in [5.74, 6) is -0.0892. The van der Waals surface area contributed by atoms with Crippen molar-refractivity contribution < 1.29 is 22.1 Å². The van der Waals surface area contributed by atoms with E-state index >= 15 is 0 Å². The number of methoxy groups -OCH3 is 1. The first-order chi connectivity index (χ1) is 17.4. The number of amides is 2. The zero-order chi connectivity index (χ0) is 26.8. The minimum Gasteiger partial charge on any atom is -0.481 e. The Labute approximate surface area is 204 Å². The van der Waals surface area contributed by atoms with Gasteiger partial charge in [0.05, 0.1) is 21.7 Å². The molecule has 0 atom stereocenters. The summed E-state index contributed by atoms with van der Waals surface area (Å²) >= 11 is 0. The maximum absolute atomic E-state index is 12.9. The molecule has 2 N–H and O–H groups in total. The van der Waals surface area contributed by atoms with Gasteiger partial charge in [0.1, 0.15) is 0 Å². The van der Waals surface area contributed by atoms with E-state index in [0.717, 1.165) is 29.5 Å². The van der Waals surface area contributed by atoms with Gasteiger partial charge >= 0.3 is 6.03 Å². The van der Waals surface area contributed by atoms with Crippen LogP contribution in [0.1, 0.15) is 27.2 Å². The van der Waals surface area contributed by atoms with Gasteiger partial charge in [-0.05, 0) is 73.8 Å². The Bertz CT molecular complexity index is 1410. The Morgan fingerprint density at radius 2 is 1.94 bits per heavy atom. The lowest BCUT2D eigenvalue weighted by atomic mass is 9.98. The molecule has 1 aliphatic rings. The fraction of sp³-hybridized carbons (Fsp3) is 0.280. The number of ether oxygens (including phenoxy) is 1. The number of anilines is 1. The number of aryl methyl sites for hydroxylation is 1. The van der Waals surface area contributed by atoms with Crippen LogP contribution in [0.25, 0.3) is 11.1 Å². The molecule has 0 bridgehead atoms. The molecule has 2 amide bonds. The van der Waals surface area contributed by atoms with E-state index in [1.807, 2.05) is 31.1 Å². The molecular formula is C25H28N4O4S. The van der Waals surface area contributed by atoms with Crippen LogP contribution in [-0.2, 0) is 29.4 Å². The highest BCUT2D eigenvalue weighted by molar-refractivity contribution is 7.90. The van der Waals surface area contributed by atoms with Gasteiger partial charge in [-0.25, -0.2) is 22.9 Å². The molecule has 0 unspecified atom stereocenters. The Hall–Kier alpha value is -3.43. The number of carbonyl (C=O) groups excluding carboxylic acids is 1. The molecule has 1 aliphatic carbocycles. The number of urea groups is 1. The highest BCUT2D eigenvalue weighted by Crippen LogP contribution is 2.38. The fourth-order valence-corrected chi connectivity index (χ4v) is 5.05. The third-order valence-electron chi connectivity index (χ3n) is 5.63. The van der Waals surface area contributed by atoms with Crippen LogP contribution < -0.4 is 14.8 Å². The van der Waals surface area contributed by atoms with Gasteiger partial charge in [0, 0.05) is 24.4 Å². The van der Waals surface area contributed by atoms with Gasteiger partial charge in [-0.1, -0.05) is 24.3 Å². The van der Waals surface area contributed by atoms with Crippen molar-refractivity contribution in [3.05, 3.63) is 71.4 Å². The van der Waals surface area contributed by atoms with Gasteiger partial charge < -0.3 is 15.0 Å². The number of carbonyl (C=O) groups is 1. The number of rotatable bonds is 7. The molecule has 1 heterocycles. The highest BCUT2D eigenvalue weighted by Gasteiger charge is 2.23. The van der Waals surface area contributed by atoms with Crippen molar-refractivity contribution >= 4 is 21.7 Å².